The standard InChI is InChI=1S/C8H10BrF2NS/c1-4-3-13-6(7(4)9)2-5(12)8(10)11/h3,5,8H,2,12H2,1H3. The first kappa shape index (κ1) is 11.1. The van der Waals surface area contributed by atoms with Crippen molar-refractivity contribution in [1.29, 1.82) is 0 Å². The molecule has 1 rings (SSSR count). The van der Waals surface area contributed by atoms with Crippen molar-refractivity contribution in [3.63, 3.8) is 0 Å². The molecule has 0 aliphatic rings. The summed E-state index contributed by atoms with van der Waals surface area (Å²) in [6.07, 6.45) is -2.22. The predicted molar refractivity (Wildman–Crippen MR) is 54.4 cm³/mol. The molecular formula is C8H10BrF2NS. The van der Waals surface area contributed by atoms with Crippen molar-refractivity contribution in [2.75, 3.05) is 0 Å². The van der Waals surface area contributed by atoms with Crippen LogP contribution in [-0.2, 0) is 6.42 Å². The Balaban J connectivity index is 2.69. The summed E-state index contributed by atoms with van der Waals surface area (Å²) in [7, 11) is 0. The highest BCUT2D eigenvalue weighted by molar-refractivity contribution is 9.10. The van der Waals surface area contributed by atoms with Crippen LogP contribution in [0.1, 0.15) is 10.4 Å². The molecule has 0 bridgehead atoms. The van der Waals surface area contributed by atoms with Gasteiger partial charge in [-0.1, -0.05) is 0 Å². The number of rotatable bonds is 3. The lowest BCUT2D eigenvalue weighted by atomic mass is 10.2. The van der Waals surface area contributed by atoms with Crippen molar-refractivity contribution in [3.8, 4) is 0 Å². The lowest BCUT2D eigenvalue weighted by Gasteiger charge is -2.08. The second-order valence-electron chi connectivity index (χ2n) is 2.86. The monoisotopic (exact) mass is 269 g/mol. The molecule has 0 saturated heterocycles. The van der Waals surface area contributed by atoms with E-state index in [0.29, 0.717) is 0 Å². The van der Waals surface area contributed by atoms with E-state index in [0.717, 1.165) is 14.9 Å². The van der Waals surface area contributed by atoms with Gasteiger partial charge in [0.25, 0.3) is 6.43 Å². The molecule has 1 aromatic rings. The zero-order chi connectivity index (χ0) is 10.0. The van der Waals surface area contributed by atoms with Crippen LogP contribution in [0.2, 0.25) is 0 Å². The molecule has 0 spiro atoms. The predicted octanol–water partition coefficient (Wildman–Crippen LogP) is 2.95. The molecule has 0 radical (unpaired) electrons. The maximum Gasteiger partial charge on any atom is 0.253 e. The van der Waals surface area contributed by atoms with Gasteiger partial charge in [0.05, 0.1) is 6.04 Å². The molecule has 0 saturated carbocycles. The Kier molecular flexibility index (Phi) is 3.82. The van der Waals surface area contributed by atoms with Gasteiger partial charge in [0.15, 0.2) is 0 Å². The first-order valence-electron chi connectivity index (χ1n) is 3.78. The molecule has 1 nitrogen and oxygen atoms in total. The normalized spacial score (nSPS) is 13.7. The Morgan fingerprint density at radius 2 is 2.23 bits per heavy atom. The number of alkyl halides is 2. The molecular weight excluding hydrogens is 260 g/mol. The lowest BCUT2D eigenvalue weighted by molar-refractivity contribution is 0.116. The third-order valence-corrected chi connectivity index (χ3v) is 4.21. The van der Waals surface area contributed by atoms with E-state index >= 15 is 0 Å². The summed E-state index contributed by atoms with van der Waals surface area (Å²) in [5.74, 6) is 0. The van der Waals surface area contributed by atoms with Gasteiger partial charge in [-0.05, 0) is 33.8 Å². The summed E-state index contributed by atoms with van der Waals surface area (Å²) in [6.45, 7) is 1.93. The van der Waals surface area contributed by atoms with Crippen molar-refractivity contribution in [3.05, 3.63) is 20.3 Å². The smallest absolute Gasteiger partial charge is 0.253 e. The highest BCUT2D eigenvalue weighted by Crippen LogP contribution is 2.28. The van der Waals surface area contributed by atoms with Crippen LogP contribution in [0.15, 0.2) is 9.85 Å². The third kappa shape index (κ3) is 2.72. The summed E-state index contributed by atoms with van der Waals surface area (Å²) >= 11 is 4.80. The Hall–Kier alpha value is -0.0000000000000000555. The molecule has 1 aromatic heterocycles. The molecule has 0 fully saturated rings. The Labute approximate surface area is 88.1 Å². The van der Waals surface area contributed by atoms with Gasteiger partial charge < -0.3 is 5.73 Å². The van der Waals surface area contributed by atoms with Crippen LogP contribution in [0.3, 0.4) is 0 Å². The summed E-state index contributed by atoms with van der Waals surface area (Å²) in [6, 6.07) is -1.06. The minimum atomic E-state index is -2.45. The van der Waals surface area contributed by atoms with Crippen LogP contribution < -0.4 is 5.73 Å². The number of halogens is 3. The van der Waals surface area contributed by atoms with Crippen LogP contribution in [0.25, 0.3) is 0 Å². The fourth-order valence-corrected chi connectivity index (χ4v) is 2.62. The van der Waals surface area contributed by atoms with E-state index in [1.807, 2.05) is 12.3 Å². The Morgan fingerprint density at radius 3 is 2.62 bits per heavy atom. The molecule has 1 heterocycles. The Bertz CT molecular complexity index is 288. The summed E-state index contributed by atoms with van der Waals surface area (Å²) < 4.78 is 25.1. The molecule has 2 N–H and O–H groups in total. The number of hydrogen-bond donors (Lipinski definition) is 1. The van der Waals surface area contributed by atoms with Crippen LogP contribution >= 0.6 is 27.3 Å². The van der Waals surface area contributed by atoms with Crippen molar-refractivity contribution >= 4 is 27.3 Å². The fraction of sp³-hybridized carbons (Fsp3) is 0.500. The van der Waals surface area contributed by atoms with Crippen molar-refractivity contribution < 1.29 is 8.78 Å². The number of thiophene rings is 1. The molecule has 13 heavy (non-hydrogen) atoms. The van der Waals surface area contributed by atoms with Gasteiger partial charge in [0.2, 0.25) is 0 Å². The van der Waals surface area contributed by atoms with Gasteiger partial charge in [0.1, 0.15) is 0 Å². The van der Waals surface area contributed by atoms with Crippen molar-refractivity contribution in [1.82, 2.24) is 0 Å². The molecule has 1 unspecified atom stereocenters. The average molecular weight is 270 g/mol. The van der Waals surface area contributed by atoms with Crippen LogP contribution in [0.5, 0.6) is 0 Å². The molecule has 0 aliphatic heterocycles. The van der Waals surface area contributed by atoms with Gasteiger partial charge in [-0.15, -0.1) is 11.3 Å². The van der Waals surface area contributed by atoms with Gasteiger partial charge in [0, 0.05) is 15.8 Å². The number of aryl methyl sites for hydroxylation is 1. The van der Waals surface area contributed by atoms with E-state index in [-0.39, 0.29) is 6.42 Å². The molecule has 1 atom stereocenters. The van der Waals surface area contributed by atoms with E-state index in [4.69, 9.17) is 5.73 Å². The van der Waals surface area contributed by atoms with Crippen LogP contribution in [-0.4, -0.2) is 12.5 Å². The quantitative estimate of drug-likeness (QED) is 0.897. The van der Waals surface area contributed by atoms with E-state index in [2.05, 4.69) is 15.9 Å². The SMILES string of the molecule is Cc1csc(CC(N)C(F)F)c1Br. The zero-order valence-corrected chi connectivity index (χ0v) is 9.46. The second kappa shape index (κ2) is 4.48. The number of hydrogen-bond acceptors (Lipinski definition) is 2. The van der Waals surface area contributed by atoms with Gasteiger partial charge in [-0.3, -0.25) is 0 Å². The van der Waals surface area contributed by atoms with Gasteiger partial charge in [-0.2, -0.15) is 0 Å². The highest BCUT2D eigenvalue weighted by atomic mass is 79.9. The van der Waals surface area contributed by atoms with E-state index < -0.39 is 12.5 Å². The van der Waals surface area contributed by atoms with E-state index in [1.54, 1.807) is 0 Å². The Morgan fingerprint density at radius 1 is 1.62 bits per heavy atom. The first-order chi connectivity index (χ1) is 6.02. The average Bonchev–Trinajstić information content (AvgIpc) is 2.36. The maximum absolute atomic E-state index is 12.1. The van der Waals surface area contributed by atoms with E-state index in [9.17, 15) is 8.78 Å². The van der Waals surface area contributed by atoms with Crippen LogP contribution in [0, 0.1) is 6.92 Å². The molecule has 74 valence electrons. The lowest BCUT2D eigenvalue weighted by Crippen LogP contribution is -2.30. The first-order valence-corrected chi connectivity index (χ1v) is 5.46. The van der Waals surface area contributed by atoms with Gasteiger partial charge >= 0.3 is 0 Å². The van der Waals surface area contributed by atoms with Gasteiger partial charge in [-0.25, -0.2) is 8.78 Å². The minimum absolute atomic E-state index is 0.233. The third-order valence-electron chi connectivity index (χ3n) is 1.71. The van der Waals surface area contributed by atoms with Crippen molar-refractivity contribution in [2.45, 2.75) is 25.8 Å². The molecule has 0 aliphatic carbocycles. The molecule has 5 heteroatoms. The molecule has 0 amide bonds. The maximum atomic E-state index is 12.1. The highest BCUT2D eigenvalue weighted by Gasteiger charge is 2.18. The summed E-state index contributed by atoms with van der Waals surface area (Å²) in [5, 5.41) is 1.93. The van der Waals surface area contributed by atoms with Crippen LogP contribution in [0.4, 0.5) is 8.78 Å². The fourth-order valence-electron chi connectivity index (χ4n) is 0.924. The topological polar surface area (TPSA) is 26.0 Å². The largest absolute Gasteiger partial charge is 0.323 e. The zero-order valence-electron chi connectivity index (χ0n) is 7.06. The minimum Gasteiger partial charge on any atom is -0.323 e. The summed E-state index contributed by atoms with van der Waals surface area (Å²) in [5.41, 5.74) is 6.33. The second-order valence-corrected chi connectivity index (χ2v) is 4.62. The van der Waals surface area contributed by atoms with E-state index in [1.165, 1.54) is 11.3 Å². The summed E-state index contributed by atoms with van der Waals surface area (Å²) in [4.78, 5) is 0.894. The molecule has 0 aromatic carbocycles. The number of nitrogens with two attached hydrogens (primary N) is 1. The van der Waals surface area contributed by atoms with Crippen molar-refractivity contribution in [2.24, 2.45) is 5.73 Å².